The molecule has 1 atom stereocenters. The van der Waals surface area contributed by atoms with Crippen LogP contribution < -0.4 is 0 Å². The van der Waals surface area contributed by atoms with E-state index in [1.165, 1.54) is 0 Å². The number of esters is 1. The van der Waals surface area contributed by atoms with E-state index in [0.717, 1.165) is 38.8 Å². The van der Waals surface area contributed by atoms with Crippen LogP contribution in [0.25, 0.3) is 0 Å². The molecule has 0 aromatic rings. The van der Waals surface area contributed by atoms with Gasteiger partial charge in [0.1, 0.15) is 0 Å². The molecule has 0 aliphatic rings. The van der Waals surface area contributed by atoms with Crippen LogP contribution in [-0.2, 0) is 9.53 Å². The summed E-state index contributed by atoms with van der Waals surface area (Å²) in [5.41, 5.74) is 0. The molecule has 4 nitrogen and oxygen atoms in total. The van der Waals surface area contributed by atoms with Gasteiger partial charge in [-0.2, -0.15) is 0 Å². The molecule has 1 unspecified atom stereocenters. The van der Waals surface area contributed by atoms with Gasteiger partial charge < -0.3 is 14.7 Å². The Morgan fingerprint density at radius 2 is 2.00 bits per heavy atom. The Hall–Kier alpha value is -0.610. The van der Waals surface area contributed by atoms with Gasteiger partial charge in [0, 0.05) is 13.0 Å². The molecule has 0 aromatic carbocycles. The fraction of sp³-hybridized carbons (Fsp3) is 0.923. The molecule has 102 valence electrons. The van der Waals surface area contributed by atoms with E-state index in [1.54, 1.807) is 0 Å². The molecule has 0 aliphatic heterocycles. The van der Waals surface area contributed by atoms with Crippen molar-refractivity contribution < 1.29 is 14.6 Å². The number of ether oxygens (including phenoxy) is 1. The average Bonchev–Trinajstić information content (AvgIpc) is 2.26. The van der Waals surface area contributed by atoms with Crippen LogP contribution >= 0.6 is 0 Å². The molecule has 0 amide bonds. The van der Waals surface area contributed by atoms with Crippen LogP contribution in [0.1, 0.15) is 46.0 Å². The molecule has 0 aromatic heterocycles. The summed E-state index contributed by atoms with van der Waals surface area (Å²) in [5, 5.41) is 9.14. The van der Waals surface area contributed by atoms with Crippen LogP contribution in [0.4, 0.5) is 0 Å². The number of hydrogen-bond acceptors (Lipinski definition) is 4. The Labute approximate surface area is 105 Å². The molecular weight excluding hydrogens is 218 g/mol. The summed E-state index contributed by atoms with van der Waals surface area (Å²) < 4.78 is 4.86. The molecule has 17 heavy (non-hydrogen) atoms. The molecule has 0 rings (SSSR count). The maximum atomic E-state index is 11.1. The zero-order valence-electron chi connectivity index (χ0n) is 11.4. The fourth-order valence-electron chi connectivity index (χ4n) is 1.58. The topological polar surface area (TPSA) is 49.8 Å². The van der Waals surface area contributed by atoms with Crippen molar-refractivity contribution in [1.82, 2.24) is 4.90 Å². The van der Waals surface area contributed by atoms with Crippen molar-refractivity contribution in [3.8, 4) is 0 Å². The van der Waals surface area contributed by atoms with Crippen LogP contribution in [-0.4, -0.2) is 48.8 Å². The maximum absolute atomic E-state index is 11.1. The van der Waals surface area contributed by atoms with E-state index in [9.17, 15) is 4.79 Å². The standard InChI is InChI=1S/C13H27NO3/c1-4-17-13(16)8-6-5-7-10-14(3)11-9-12(2)15/h12,15H,4-11H2,1-3H3. The van der Waals surface area contributed by atoms with Crippen molar-refractivity contribution in [1.29, 1.82) is 0 Å². The van der Waals surface area contributed by atoms with Gasteiger partial charge in [-0.1, -0.05) is 6.42 Å². The van der Waals surface area contributed by atoms with Gasteiger partial charge >= 0.3 is 5.97 Å². The third-order valence-electron chi connectivity index (χ3n) is 2.65. The Bertz CT molecular complexity index is 195. The molecule has 1 N–H and O–H groups in total. The first-order chi connectivity index (χ1) is 8.06. The largest absolute Gasteiger partial charge is 0.466 e. The van der Waals surface area contributed by atoms with Gasteiger partial charge in [-0.25, -0.2) is 0 Å². The van der Waals surface area contributed by atoms with Crippen LogP contribution in [0.5, 0.6) is 0 Å². The Balaban J connectivity index is 3.30. The van der Waals surface area contributed by atoms with Gasteiger partial charge in [-0.05, 0) is 46.7 Å². The van der Waals surface area contributed by atoms with Gasteiger partial charge in [0.2, 0.25) is 0 Å². The summed E-state index contributed by atoms with van der Waals surface area (Å²) in [5.74, 6) is -0.0880. The highest BCUT2D eigenvalue weighted by Gasteiger charge is 2.03. The SMILES string of the molecule is CCOC(=O)CCCCCN(C)CCC(C)O. The third kappa shape index (κ3) is 11.6. The van der Waals surface area contributed by atoms with E-state index >= 15 is 0 Å². The molecular formula is C13H27NO3. The molecule has 0 aliphatic carbocycles. The van der Waals surface area contributed by atoms with Crippen LogP contribution in [0.3, 0.4) is 0 Å². The summed E-state index contributed by atoms with van der Waals surface area (Å²) in [6.07, 6.45) is 4.18. The highest BCUT2D eigenvalue weighted by Crippen LogP contribution is 2.03. The lowest BCUT2D eigenvalue weighted by molar-refractivity contribution is -0.143. The molecule has 0 radical (unpaired) electrons. The van der Waals surface area contributed by atoms with Gasteiger partial charge in [0.05, 0.1) is 12.7 Å². The van der Waals surface area contributed by atoms with Crippen LogP contribution in [0, 0.1) is 0 Å². The minimum absolute atomic E-state index is 0.0880. The van der Waals surface area contributed by atoms with Crippen molar-refractivity contribution in [2.45, 2.75) is 52.1 Å². The average molecular weight is 245 g/mol. The summed E-state index contributed by atoms with van der Waals surface area (Å²) in [6, 6.07) is 0. The molecule has 0 saturated carbocycles. The third-order valence-corrected chi connectivity index (χ3v) is 2.65. The predicted molar refractivity (Wildman–Crippen MR) is 68.9 cm³/mol. The number of aliphatic hydroxyl groups excluding tert-OH is 1. The zero-order chi connectivity index (χ0) is 13.1. The lowest BCUT2D eigenvalue weighted by Gasteiger charge is -2.17. The first kappa shape index (κ1) is 16.4. The highest BCUT2D eigenvalue weighted by molar-refractivity contribution is 5.69. The second kappa shape index (κ2) is 10.5. The molecule has 0 spiro atoms. The number of carbonyl (C=O) groups excluding carboxylic acids is 1. The second-order valence-electron chi connectivity index (χ2n) is 4.56. The quantitative estimate of drug-likeness (QED) is 0.471. The summed E-state index contributed by atoms with van der Waals surface area (Å²) >= 11 is 0. The maximum Gasteiger partial charge on any atom is 0.305 e. The van der Waals surface area contributed by atoms with E-state index in [-0.39, 0.29) is 12.1 Å². The normalized spacial score (nSPS) is 12.8. The van der Waals surface area contributed by atoms with Crippen molar-refractivity contribution in [2.24, 2.45) is 0 Å². The number of aliphatic hydroxyl groups is 1. The summed E-state index contributed by atoms with van der Waals surface area (Å²) in [6.45, 7) is 6.06. The number of nitrogens with zero attached hydrogens (tertiary/aromatic N) is 1. The minimum atomic E-state index is -0.221. The van der Waals surface area contributed by atoms with Gasteiger partial charge in [-0.3, -0.25) is 4.79 Å². The van der Waals surface area contributed by atoms with Gasteiger partial charge in [0.25, 0.3) is 0 Å². The van der Waals surface area contributed by atoms with Crippen molar-refractivity contribution >= 4 is 5.97 Å². The van der Waals surface area contributed by atoms with E-state index in [0.29, 0.717) is 13.0 Å². The summed E-state index contributed by atoms with van der Waals surface area (Å²) in [7, 11) is 2.06. The Kier molecular flexibility index (Phi) is 10.2. The summed E-state index contributed by atoms with van der Waals surface area (Å²) in [4.78, 5) is 13.3. The minimum Gasteiger partial charge on any atom is -0.466 e. The van der Waals surface area contributed by atoms with E-state index < -0.39 is 0 Å². The molecule has 0 heterocycles. The molecule has 0 bridgehead atoms. The van der Waals surface area contributed by atoms with Crippen LogP contribution in [0.2, 0.25) is 0 Å². The predicted octanol–water partition coefficient (Wildman–Crippen LogP) is 1.81. The highest BCUT2D eigenvalue weighted by atomic mass is 16.5. The molecule has 0 saturated heterocycles. The number of hydrogen-bond donors (Lipinski definition) is 1. The van der Waals surface area contributed by atoms with Gasteiger partial charge in [-0.15, -0.1) is 0 Å². The second-order valence-corrected chi connectivity index (χ2v) is 4.56. The number of carbonyl (C=O) groups is 1. The van der Waals surface area contributed by atoms with Crippen molar-refractivity contribution in [3.63, 3.8) is 0 Å². The van der Waals surface area contributed by atoms with Crippen LogP contribution in [0.15, 0.2) is 0 Å². The first-order valence-electron chi connectivity index (χ1n) is 6.58. The lowest BCUT2D eigenvalue weighted by atomic mass is 10.2. The number of rotatable bonds is 10. The first-order valence-corrected chi connectivity index (χ1v) is 6.58. The zero-order valence-corrected chi connectivity index (χ0v) is 11.4. The fourth-order valence-corrected chi connectivity index (χ4v) is 1.58. The van der Waals surface area contributed by atoms with Crippen molar-refractivity contribution in [2.75, 3.05) is 26.7 Å². The monoisotopic (exact) mass is 245 g/mol. The van der Waals surface area contributed by atoms with E-state index in [4.69, 9.17) is 9.84 Å². The molecule has 4 heteroatoms. The smallest absolute Gasteiger partial charge is 0.305 e. The number of unbranched alkanes of at least 4 members (excludes halogenated alkanes) is 2. The Morgan fingerprint density at radius 1 is 1.29 bits per heavy atom. The van der Waals surface area contributed by atoms with Crippen molar-refractivity contribution in [3.05, 3.63) is 0 Å². The van der Waals surface area contributed by atoms with Gasteiger partial charge in [0.15, 0.2) is 0 Å². The molecule has 0 fully saturated rings. The lowest BCUT2D eigenvalue weighted by Crippen LogP contribution is -2.23. The van der Waals surface area contributed by atoms with E-state index in [1.807, 2.05) is 13.8 Å². The van der Waals surface area contributed by atoms with E-state index in [2.05, 4.69) is 11.9 Å². The Morgan fingerprint density at radius 3 is 2.59 bits per heavy atom.